The Morgan fingerprint density at radius 3 is 2.17 bits per heavy atom. The summed E-state index contributed by atoms with van der Waals surface area (Å²) in [6, 6.07) is 23.7. The van der Waals surface area contributed by atoms with E-state index in [1.807, 2.05) is 41.9 Å². The molecule has 0 radical (unpaired) electrons. The predicted molar refractivity (Wildman–Crippen MR) is 114 cm³/mol. The van der Waals surface area contributed by atoms with E-state index in [1.165, 1.54) is 0 Å². The topological polar surface area (TPSA) is 86.9 Å². The van der Waals surface area contributed by atoms with E-state index in [-0.39, 0.29) is 0 Å². The lowest BCUT2D eigenvalue weighted by Gasteiger charge is -2.12. The van der Waals surface area contributed by atoms with Crippen LogP contribution in [0.15, 0.2) is 79.0 Å². The number of nitrogens with one attached hydrogen (secondary N) is 2. The van der Waals surface area contributed by atoms with Gasteiger partial charge in [0.15, 0.2) is 0 Å². The van der Waals surface area contributed by atoms with Crippen LogP contribution in [0.3, 0.4) is 0 Å². The third-order valence-corrected chi connectivity index (χ3v) is 4.94. The number of aromatic nitrogens is 1. The molecule has 0 saturated heterocycles. The maximum Gasteiger partial charge on any atom is 0.271 e. The van der Waals surface area contributed by atoms with Gasteiger partial charge < -0.3 is 4.57 Å². The van der Waals surface area contributed by atoms with Gasteiger partial charge >= 0.3 is 0 Å². The lowest BCUT2D eigenvalue weighted by Crippen LogP contribution is -2.41. The van der Waals surface area contributed by atoms with Crippen LogP contribution >= 0.6 is 0 Å². The molecule has 6 nitrogen and oxygen atoms in total. The highest BCUT2D eigenvalue weighted by Crippen LogP contribution is 2.26. The van der Waals surface area contributed by atoms with Crippen LogP contribution in [0.4, 0.5) is 0 Å². The fraction of sp³-hybridized carbons (Fsp3) is 0.0417. The number of hydrogen-bond donors (Lipinski definition) is 2. The van der Waals surface area contributed by atoms with E-state index in [1.54, 1.807) is 48.7 Å². The van der Waals surface area contributed by atoms with Crippen LogP contribution in [0.25, 0.3) is 22.0 Å². The first-order valence-corrected chi connectivity index (χ1v) is 9.33. The Kier molecular flexibility index (Phi) is 5.02. The Morgan fingerprint density at radius 2 is 1.40 bits per heavy atom. The zero-order valence-corrected chi connectivity index (χ0v) is 16.2. The number of aryl methyl sites for hydroxylation is 1. The van der Waals surface area contributed by atoms with E-state index in [9.17, 15) is 14.9 Å². The molecule has 0 aliphatic heterocycles. The van der Waals surface area contributed by atoms with Crippen LogP contribution < -0.4 is 10.9 Å². The molecule has 4 aromatic rings. The summed E-state index contributed by atoms with van der Waals surface area (Å²) in [5, 5.41) is 10.2. The van der Waals surface area contributed by atoms with Crippen LogP contribution in [-0.2, 0) is 7.05 Å². The lowest BCUT2D eigenvalue weighted by atomic mass is 9.95. The van der Waals surface area contributed by atoms with Crippen molar-refractivity contribution in [1.82, 2.24) is 15.4 Å². The number of hydrazine groups is 1. The second kappa shape index (κ2) is 7.94. The number of hydrogen-bond acceptors (Lipinski definition) is 3. The highest BCUT2D eigenvalue weighted by atomic mass is 16.2. The van der Waals surface area contributed by atoms with Crippen molar-refractivity contribution in [1.29, 1.82) is 5.26 Å². The molecule has 0 aliphatic carbocycles. The monoisotopic (exact) mass is 394 g/mol. The van der Waals surface area contributed by atoms with Gasteiger partial charge in [0.25, 0.3) is 11.8 Å². The number of carbonyl (C=O) groups is 2. The van der Waals surface area contributed by atoms with Gasteiger partial charge in [-0.3, -0.25) is 20.4 Å². The van der Waals surface area contributed by atoms with Crippen LogP contribution in [0.1, 0.15) is 26.3 Å². The van der Waals surface area contributed by atoms with Gasteiger partial charge in [-0.1, -0.05) is 54.6 Å². The van der Waals surface area contributed by atoms with Crippen molar-refractivity contribution >= 4 is 22.7 Å². The number of benzene rings is 3. The Morgan fingerprint density at radius 1 is 0.800 bits per heavy atom. The first kappa shape index (κ1) is 19.0. The number of para-hydroxylation sites is 1. The summed E-state index contributed by atoms with van der Waals surface area (Å²) in [7, 11) is 1.86. The average Bonchev–Trinajstić information content (AvgIpc) is 3.14. The molecule has 2 amide bonds. The standard InChI is InChI=1S/C24H18N4O2/c1-28-15-21(19-11-6-7-13-22(19)28)24(30)27-26-23(29)20-12-5-4-10-18(20)17-9-3-2-8-16(17)14-25/h2-13,15H,1H3,(H,26,29)(H,27,30). The van der Waals surface area contributed by atoms with Gasteiger partial charge in [-0.15, -0.1) is 0 Å². The molecule has 0 atom stereocenters. The highest BCUT2D eigenvalue weighted by Gasteiger charge is 2.17. The van der Waals surface area contributed by atoms with E-state index >= 15 is 0 Å². The smallest absolute Gasteiger partial charge is 0.271 e. The number of nitriles is 1. The van der Waals surface area contributed by atoms with Crippen molar-refractivity contribution in [2.24, 2.45) is 7.05 Å². The van der Waals surface area contributed by atoms with Crippen molar-refractivity contribution in [2.75, 3.05) is 0 Å². The number of nitrogens with zero attached hydrogens (tertiary/aromatic N) is 2. The molecule has 0 unspecified atom stereocenters. The first-order valence-electron chi connectivity index (χ1n) is 9.33. The number of amides is 2. The Hall–Kier alpha value is -4.37. The van der Waals surface area contributed by atoms with Gasteiger partial charge in [-0.05, 0) is 23.8 Å². The summed E-state index contributed by atoms with van der Waals surface area (Å²) >= 11 is 0. The first-order chi connectivity index (χ1) is 14.6. The molecular weight excluding hydrogens is 376 g/mol. The Balaban J connectivity index is 1.58. The average molecular weight is 394 g/mol. The molecule has 0 saturated carbocycles. The third-order valence-electron chi connectivity index (χ3n) is 4.94. The molecule has 30 heavy (non-hydrogen) atoms. The molecule has 1 aromatic heterocycles. The van der Waals surface area contributed by atoms with Gasteiger partial charge in [0, 0.05) is 35.3 Å². The van der Waals surface area contributed by atoms with Crippen LogP contribution in [-0.4, -0.2) is 16.4 Å². The third kappa shape index (κ3) is 3.40. The largest absolute Gasteiger partial charge is 0.350 e. The quantitative estimate of drug-likeness (QED) is 0.518. The summed E-state index contributed by atoms with van der Waals surface area (Å²) in [5.74, 6) is -0.873. The van der Waals surface area contributed by atoms with E-state index in [0.717, 1.165) is 10.9 Å². The lowest BCUT2D eigenvalue weighted by molar-refractivity contribution is 0.0848. The zero-order valence-electron chi connectivity index (χ0n) is 16.2. The maximum absolute atomic E-state index is 12.8. The van der Waals surface area contributed by atoms with Gasteiger partial charge in [-0.25, -0.2) is 0 Å². The molecule has 1 heterocycles. The van der Waals surface area contributed by atoms with Crippen LogP contribution in [0.2, 0.25) is 0 Å². The molecule has 0 bridgehead atoms. The molecule has 6 heteroatoms. The molecule has 0 aliphatic rings. The maximum atomic E-state index is 12.8. The SMILES string of the molecule is Cn1cc(C(=O)NNC(=O)c2ccccc2-c2ccccc2C#N)c2ccccc21. The van der Waals surface area contributed by atoms with Gasteiger partial charge in [-0.2, -0.15) is 5.26 Å². The molecule has 4 rings (SSSR count). The van der Waals surface area contributed by atoms with Crippen molar-refractivity contribution in [3.63, 3.8) is 0 Å². The predicted octanol–water partition coefficient (Wildman–Crippen LogP) is 3.79. The summed E-state index contributed by atoms with van der Waals surface area (Å²) in [4.78, 5) is 25.5. The minimum absolute atomic E-state index is 0.360. The molecule has 0 spiro atoms. The van der Waals surface area contributed by atoms with Crippen LogP contribution in [0.5, 0.6) is 0 Å². The number of fused-ring (bicyclic) bond motifs is 1. The van der Waals surface area contributed by atoms with E-state index in [2.05, 4.69) is 16.9 Å². The fourth-order valence-corrected chi connectivity index (χ4v) is 3.50. The van der Waals surface area contributed by atoms with E-state index in [4.69, 9.17) is 0 Å². The van der Waals surface area contributed by atoms with E-state index in [0.29, 0.717) is 27.8 Å². The fourth-order valence-electron chi connectivity index (χ4n) is 3.50. The number of carbonyl (C=O) groups excluding carboxylic acids is 2. The zero-order chi connectivity index (χ0) is 21.1. The number of rotatable bonds is 3. The summed E-state index contributed by atoms with van der Waals surface area (Å²) in [6.45, 7) is 0. The van der Waals surface area contributed by atoms with Crippen molar-refractivity contribution in [3.8, 4) is 17.2 Å². The highest BCUT2D eigenvalue weighted by molar-refractivity contribution is 6.08. The molecule has 2 N–H and O–H groups in total. The second-order valence-corrected chi connectivity index (χ2v) is 6.78. The van der Waals surface area contributed by atoms with E-state index < -0.39 is 11.8 Å². The molecule has 3 aromatic carbocycles. The molecular formula is C24H18N4O2. The second-order valence-electron chi connectivity index (χ2n) is 6.78. The Bertz CT molecular complexity index is 1310. The summed E-state index contributed by atoms with van der Waals surface area (Å²) in [6.07, 6.45) is 1.73. The normalized spacial score (nSPS) is 10.4. The van der Waals surface area contributed by atoms with Gasteiger partial charge in [0.05, 0.1) is 17.2 Å². The van der Waals surface area contributed by atoms with Crippen molar-refractivity contribution in [2.45, 2.75) is 0 Å². The minimum Gasteiger partial charge on any atom is -0.350 e. The Labute approximate surface area is 173 Å². The summed E-state index contributed by atoms with van der Waals surface area (Å²) < 4.78 is 1.86. The van der Waals surface area contributed by atoms with Gasteiger partial charge in [0.2, 0.25) is 0 Å². The van der Waals surface area contributed by atoms with Crippen LogP contribution in [0, 0.1) is 11.3 Å². The van der Waals surface area contributed by atoms with Crippen molar-refractivity contribution in [3.05, 3.63) is 95.7 Å². The summed E-state index contributed by atoms with van der Waals surface area (Å²) in [5.41, 5.74) is 8.48. The van der Waals surface area contributed by atoms with Gasteiger partial charge in [0.1, 0.15) is 0 Å². The van der Waals surface area contributed by atoms with Crippen molar-refractivity contribution < 1.29 is 9.59 Å². The minimum atomic E-state index is -0.466. The molecule has 0 fully saturated rings. The molecule has 146 valence electrons.